The van der Waals surface area contributed by atoms with Crippen LogP contribution in [0.2, 0.25) is 5.02 Å². The van der Waals surface area contributed by atoms with Crippen LogP contribution >= 0.6 is 11.6 Å². The Labute approximate surface area is 133 Å². The number of hydrogen-bond acceptors (Lipinski definition) is 3. The maximum absolute atomic E-state index is 12.3. The summed E-state index contributed by atoms with van der Waals surface area (Å²) in [5, 5.41) is 3.35. The number of benzene rings is 1. The molecule has 0 atom stereocenters. The van der Waals surface area contributed by atoms with Crippen molar-refractivity contribution in [3.05, 3.63) is 51.8 Å². The Kier molecular flexibility index (Phi) is 4.88. The smallest absolute Gasteiger partial charge is 0.340 e. The average Bonchev–Trinajstić information content (AvgIpc) is 2.77. The third-order valence-corrected chi connectivity index (χ3v) is 3.50. The lowest BCUT2D eigenvalue weighted by atomic mass is 10.1. The van der Waals surface area contributed by atoms with Gasteiger partial charge in [0.1, 0.15) is 5.69 Å². The molecule has 1 amide bonds. The number of nitrogens with one attached hydrogen (secondary N) is 2. The topological polar surface area (TPSA) is 71.2 Å². The van der Waals surface area contributed by atoms with Gasteiger partial charge in [-0.05, 0) is 50.6 Å². The first-order valence-electron chi connectivity index (χ1n) is 6.87. The number of H-pyrrole nitrogens is 1. The van der Waals surface area contributed by atoms with E-state index >= 15 is 0 Å². The average molecular weight is 321 g/mol. The van der Waals surface area contributed by atoms with E-state index < -0.39 is 5.97 Å². The fourth-order valence-corrected chi connectivity index (χ4v) is 2.34. The van der Waals surface area contributed by atoms with Crippen molar-refractivity contribution < 1.29 is 14.3 Å². The Bertz CT molecular complexity index is 705. The van der Waals surface area contributed by atoms with Crippen molar-refractivity contribution in [2.24, 2.45) is 0 Å². The van der Waals surface area contributed by atoms with Crippen molar-refractivity contribution in [3.63, 3.8) is 0 Å². The molecule has 0 saturated carbocycles. The second kappa shape index (κ2) is 6.66. The molecule has 1 aromatic carbocycles. The maximum atomic E-state index is 12.3. The number of carbonyl (C=O) groups excluding carboxylic acids is 2. The molecule has 116 valence electrons. The zero-order valence-corrected chi connectivity index (χ0v) is 13.4. The lowest BCUT2D eigenvalue weighted by Crippen LogP contribution is -2.14. The van der Waals surface area contributed by atoms with Crippen molar-refractivity contribution in [1.82, 2.24) is 4.98 Å². The minimum Gasteiger partial charge on any atom is -0.462 e. The maximum Gasteiger partial charge on any atom is 0.340 e. The fourth-order valence-electron chi connectivity index (χ4n) is 2.21. The molecule has 1 aromatic heterocycles. The first kappa shape index (κ1) is 16.1. The molecule has 2 N–H and O–H groups in total. The number of ether oxygens (including phenoxy) is 1. The summed E-state index contributed by atoms with van der Waals surface area (Å²) in [6.45, 7) is 5.48. The highest BCUT2D eigenvalue weighted by molar-refractivity contribution is 6.30. The molecule has 0 fully saturated rings. The molecule has 0 unspecified atom stereocenters. The standard InChI is InChI=1S/C16H17ClN2O3/c1-4-22-16(21)13-9(2)14(18-10(13)3)15(20)19-12-7-5-11(17)6-8-12/h5-8,18H,4H2,1-3H3,(H,19,20). The quantitative estimate of drug-likeness (QED) is 0.843. The van der Waals surface area contributed by atoms with Crippen LogP contribution in [0.5, 0.6) is 0 Å². The molecule has 2 rings (SSSR count). The van der Waals surface area contributed by atoms with E-state index in [-0.39, 0.29) is 12.5 Å². The van der Waals surface area contributed by atoms with Gasteiger partial charge < -0.3 is 15.0 Å². The molecule has 6 heteroatoms. The van der Waals surface area contributed by atoms with Crippen molar-refractivity contribution >= 4 is 29.2 Å². The number of aromatic nitrogens is 1. The molecule has 0 aliphatic heterocycles. The van der Waals surface area contributed by atoms with Gasteiger partial charge in [-0.25, -0.2) is 4.79 Å². The summed E-state index contributed by atoms with van der Waals surface area (Å²) in [5.74, 6) is -0.752. The van der Waals surface area contributed by atoms with Crippen LogP contribution in [0.15, 0.2) is 24.3 Å². The Morgan fingerprint density at radius 1 is 1.23 bits per heavy atom. The molecule has 0 aliphatic rings. The highest BCUT2D eigenvalue weighted by atomic mass is 35.5. The minimum atomic E-state index is -0.431. The van der Waals surface area contributed by atoms with Gasteiger partial charge in [0.15, 0.2) is 0 Å². The van der Waals surface area contributed by atoms with Crippen LogP contribution in [0.3, 0.4) is 0 Å². The number of aryl methyl sites for hydroxylation is 1. The van der Waals surface area contributed by atoms with Gasteiger partial charge in [0.25, 0.3) is 5.91 Å². The number of aromatic amines is 1. The second-order valence-corrected chi connectivity index (χ2v) is 5.24. The number of amides is 1. The Balaban J connectivity index is 2.25. The van der Waals surface area contributed by atoms with E-state index in [2.05, 4.69) is 10.3 Å². The summed E-state index contributed by atoms with van der Waals surface area (Å²) >= 11 is 5.81. The number of halogens is 1. The SMILES string of the molecule is CCOC(=O)c1c(C)[nH]c(C(=O)Nc2ccc(Cl)cc2)c1C. The zero-order chi connectivity index (χ0) is 16.3. The van der Waals surface area contributed by atoms with Gasteiger partial charge >= 0.3 is 5.97 Å². The summed E-state index contributed by atoms with van der Waals surface area (Å²) in [7, 11) is 0. The normalized spacial score (nSPS) is 10.4. The Morgan fingerprint density at radius 3 is 2.45 bits per heavy atom. The van der Waals surface area contributed by atoms with Crippen LogP contribution in [0, 0.1) is 13.8 Å². The van der Waals surface area contributed by atoms with Crippen LogP contribution in [0.1, 0.15) is 39.0 Å². The van der Waals surface area contributed by atoms with Crippen molar-refractivity contribution in [3.8, 4) is 0 Å². The van der Waals surface area contributed by atoms with E-state index in [0.717, 1.165) is 0 Å². The van der Waals surface area contributed by atoms with Gasteiger partial charge in [0, 0.05) is 16.4 Å². The van der Waals surface area contributed by atoms with Crippen LogP contribution in [-0.4, -0.2) is 23.5 Å². The van der Waals surface area contributed by atoms with E-state index in [1.807, 2.05) is 0 Å². The molecule has 0 saturated heterocycles. The molecule has 22 heavy (non-hydrogen) atoms. The first-order valence-corrected chi connectivity index (χ1v) is 7.25. The van der Waals surface area contributed by atoms with Crippen LogP contribution in [0.25, 0.3) is 0 Å². The Morgan fingerprint density at radius 2 is 1.86 bits per heavy atom. The molecule has 1 heterocycles. The molecule has 5 nitrogen and oxygen atoms in total. The highest BCUT2D eigenvalue weighted by Crippen LogP contribution is 2.21. The molecule has 0 spiro atoms. The third kappa shape index (κ3) is 3.31. The predicted molar refractivity (Wildman–Crippen MR) is 85.6 cm³/mol. The van der Waals surface area contributed by atoms with E-state index in [9.17, 15) is 9.59 Å². The molecular formula is C16H17ClN2O3. The monoisotopic (exact) mass is 320 g/mol. The molecule has 0 radical (unpaired) electrons. The first-order chi connectivity index (χ1) is 10.4. The summed E-state index contributed by atoms with van der Waals surface area (Å²) in [4.78, 5) is 27.2. The summed E-state index contributed by atoms with van der Waals surface area (Å²) in [5.41, 5.74) is 2.55. The van der Waals surface area contributed by atoms with Gasteiger partial charge in [-0.1, -0.05) is 11.6 Å². The lowest BCUT2D eigenvalue weighted by molar-refractivity contribution is 0.0525. The van der Waals surface area contributed by atoms with E-state index in [1.54, 1.807) is 45.0 Å². The Hall–Kier alpha value is -2.27. The number of anilines is 1. The third-order valence-electron chi connectivity index (χ3n) is 3.25. The van der Waals surface area contributed by atoms with Gasteiger partial charge in [-0.3, -0.25) is 4.79 Å². The van der Waals surface area contributed by atoms with Gasteiger partial charge in [0.2, 0.25) is 0 Å². The van der Waals surface area contributed by atoms with Gasteiger partial charge in [-0.15, -0.1) is 0 Å². The van der Waals surface area contributed by atoms with Crippen molar-refractivity contribution in [1.29, 1.82) is 0 Å². The number of rotatable bonds is 4. The minimum absolute atomic E-state index is 0.287. The van der Waals surface area contributed by atoms with Crippen LogP contribution < -0.4 is 5.32 Å². The predicted octanol–water partition coefficient (Wildman–Crippen LogP) is 3.71. The number of esters is 1. The summed E-state index contributed by atoms with van der Waals surface area (Å²) in [6, 6.07) is 6.79. The molecule has 0 aliphatic carbocycles. The number of carbonyl (C=O) groups is 2. The van der Waals surface area contributed by atoms with E-state index in [0.29, 0.717) is 33.2 Å². The fraction of sp³-hybridized carbons (Fsp3) is 0.250. The van der Waals surface area contributed by atoms with Crippen molar-refractivity contribution in [2.75, 3.05) is 11.9 Å². The molecule has 0 bridgehead atoms. The van der Waals surface area contributed by atoms with Crippen LogP contribution in [-0.2, 0) is 4.74 Å². The van der Waals surface area contributed by atoms with E-state index in [4.69, 9.17) is 16.3 Å². The van der Waals surface area contributed by atoms with Gasteiger partial charge in [-0.2, -0.15) is 0 Å². The largest absolute Gasteiger partial charge is 0.462 e. The lowest BCUT2D eigenvalue weighted by Gasteiger charge is -2.05. The summed E-state index contributed by atoms with van der Waals surface area (Å²) < 4.78 is 5.01. The summed E-state index contributed by atoms with van der Waals surface area (Å²) in [6.07, 6.45) is 0. The molecular weight excluding hydrogens is 304 g/mol. The van der Waals surface area contributed by atoms with Crippen LogP contribution in [0.4, 0.5) is 5.69 Å². The highest BCUT2D eigenvalue weighted by Gasteiger charge is 2.22. The number of hydrogen-bond donors (Lipinski definition) is 2. The van der Waals surface area contributed by atoms with Crippen molar-refractivity contribution in [2.45, 2.75) is 20.8 Å². The second-order valence-electron chi connectivity index (χ2n) is 4.81. The molecule has 2 aromatic rings. The zero-order valence-electron chi connectivity index (χ0n) is 12.6. The van der Waals surface area contributed by atoms with E-state index in [1.165, 1.54) is 0 Å². The van der Waals surface area contributed by atoms with Gasteiger partial charge in [0.05, 0.1) is 12.2 Å².